The Balaban J connectivity index is 2.25. The van der Waals surface area contributed by atoms with E-state index in [2.05, 4.69) is 24.0 Å². The molecule has 0 saturated carbocycles. The topological polar surface area (TPSA) is 75.0 Å². The average Bonchev–Trinajstić information content (AvgIpc) is 2.93. The summed E-state index contributed by atoms with van der Waals surface area (Å²) in [5, 5.41) is 7.03. The minimum atomic E-state index is -0.0307. The first-order chi connectivity index (χ1) is 8.93. The molecular weight excluding hydrogens is 240 g/mol. The van der Waals surface area contributed by atoms with Gasteiger partial charge in [0.2, 0.25) is 0 Å². The Labute approximate surface area is 114 Å². The average molecular weight is 264 g/mol. The van der Waals surface area contributed by atoms with Gasteiger partial charge in [0.1, 0.15) is 0 Å². The highest BCUT2D eigenvalue weighted by Crippen LogP contribution is 2.28. The molecule has 2 rings (SSSR count). The lowest BCUT2D eigenvalue weighted by molar-refractivity contribution is 0.0696. The molecule has 1 aromatic heterocycles. The van der Waals surface area contributed by atoms with E-state index in [1.54, 1.807) is 0 Å². The van der Waals surface area contributed by atoms with Crippen LogP contribution in [0.5, 0.6) is 0 Å². The third-order valence-corrected chi connectivity index (χ3v) is 3.94. The lowest BCUT2D eigenvalue weighted by Crippen LogP contribution is -2.39. The molecule has 19 heavy (non-hydrogen) atoms. The Morgan fingerprint density at radius 3 is 2.63 bits per heavy atom. The summed E-state index contributed by atoms with van der Waals surface area (Å²) >= 11 is 0. The summed E-state index contributed by atoms with van der Waals surface area (Å²) in [6.07, 6.45) is 2.14. The number of amides is 1. The monoisotopic (exact) mass is 264 g/mol. The van der Waals surface area contributed by atoms with Crippen molar-refractivity contribution in [1.82, 2.24) is 15.1 Å². The van der Waals surface area contributed by atoms with Crippen molar-refractivity contribution < 1.29 is 4.79 Å². The normalized spacial score (nSPS) is 19.7. The highest BCUT2D eigenvalue weighted by molar-refractivity contribution is 5.98. The molecule has 5 nitrogen and oxygen atoms in total. The summed E-state index contributed by atoms with van der Waals surface area (Å²) in [4.78, 5) is 14.5. The van der Waals surface area contributed by atoms with E-state index in [4.69, 9.17) is 5.73 Å². The van der Waals surface area contributed by atoms with Crippen molar-refractivity contribution in [3.05, 3.63) is 11.4 Å². The smallest absolute Gasteiger partial charge is 0.276 e. The number of aromatic amines is 1. The van der Waals surface area contributed by atoms with Crippen LogP contribution in [0.15, 0.2) is 0 Å². The largest absolute Gasteiger partial charge is 0.395 e. The standard InChI is InChI=1S/C14H24N4O/c1-8(2)10-6-5-7-18(10)14(19)13-11(15)12(9(3)4)16-17-13/h8-10H,5-7,15H2,1-4H3,(H,16,17). The molecule has 106 valence electrons. The second kappa shape index (κ2) is 5.23. The van der Waals surface area contributed by atoms with Gasteiger partial charge < -0.3 is 10.6 Å². The number of aromatic nitrogens is 2. The number of anilines is 1. The summed E-state index contributed by atoms with van der Waals surface area (Å²) in [5.41, 5.74) is 7.80. The van der Waals surface area contributed by atoms with Gasteiger partial charge in [-0.25, -0.2) is 0 Å². The number of H-pyrrole nitrogens is 1. The Morgan fingerprint density at radius 1 is 1.42 bits per heavy atom. The van der Waals surface area contributed by atoms with E-state index in [0.717, 1.165) is 25.1 Å². The van der Waals surface area contributed by atoms with Crippen LogP contribution in [-0.2, 0) is 0 Å². The highest BCUT2D eigenvalue weighted by atomic mass is 16.2. The third-order valence-electron chi connectivity index (χ3n) is 3.94. The summed E-state index contributed by atoms with van der Waals surface area (Å²) in [7, 11) is 0. The number of nitrogens with two attached hydrogens (primary N) is 1. The molecule has 1 saturated heterocycles. The molecule has 1 atom stereocenters. The molecule has 1 fully saturated rings. The van der Waals surface area contributed by atoms with Gasteiger partial charge in [-0.15, -0.1) is 0 Å². The van der Waals surface area contributed by atoms with E-state index in [9.17, 15) is 4.79 Å². The summed E-state index contributed by atoms with van der Waals surface area (Å²) < 4.78 is 0. The van der Waals surface area contributed by atoms with E-state index in [-0.39, 0.29) is 11.8 Å². The maximum Gasteiger partial charge on any atom is 0.276 e. The molecule has 1 amide bonds. The quantitative estimate of drug-likeness (QED) is 0.880. The zero-order chi connectivity index (χ0) is 14.2. The van der Waals surface area contributed by atoms with Crippen LogP contribution >= 0.6 is 0 Å². The number of hydrogen-bond donors (Lipinski definition) is 2. The Bertz CT molecular complexity index is 464. The van der Waals surface area contributed by atoms with Gasteiger partial charge >= 0.3 is 0 Å². The fraction of sp³-hybridized carbons (Fsp3) is 0.714. The Kier molecular flexibility index (Phi) is 3.83. The first-order valence-electron chi connectivity index (χ1n) is 7.08. The van der Waals surface area contributed by atoms with E-state index >= 15 is 0 Å². The van der Waals surface area contributed by atoms with Gasteiger partial charge in [0, 0.05) is 12.6 Å². The number of nitrogens with one attached hydrogen (secondary N) is 1. The van der Waals surface area contributed by atoms with Crippen LogP contribution < -0.4 is 5.73 Å². The molecule has 3 N–H and O–H groups in total. The first-order valence-corrected chi connectivity index (χ1v) is 7.08. The number of nitrogen functional groups attached to an aromatic ring is 1. The molecular formula is C14H24N4O. The van der Waals surface area contributed by atoms with Gasteiger partial charge in [-0.2, -0.15) is 5.10 Å². The Hall–Kier alpha value is -1.52. The maximum absolute atomic E-state index is 12.6. The fourth-order valence-electron chi connectivity index (χ4n) is 2.84. The summed E-state index contributed by atoms with van der Waals surface area (Å²) in [6, 6.07) is 0.311. The molecule has 0 bridgehead atoms. The third kappa shape index (κ3) is 2.46. The summed E-state index contributed by atoms with van der Waals surface area (Å²) in [5.74, 6) is 0.682. The lowest BCUT2D eigenvalue weighted by atomic mass is 10.0. The predicted molar refractivity (Wildman–Crippen MR) is 76.0 cm³/mol. The van der Waals surface area contributed by atoms with E-state index in [1.807, 2.05) is 18.7 Å². The molecule has 5 heteroatoms. The van der Waals surface area contributed by atoms with Crippen LogP contribution in [0.3, 0.4) is 0 Å². The van der Waals surface area contributed by atoms with E-state index in [0.29, 0.717) is 23.3 Å². The van der Waals surface area contributed by atoms with Crippen molar-refractivity contribution in [2.45, 2.75) is 52.5 Å². The van der Waals surface area contributed by atoms with Gasteiger partial charge in [-0.3, -0.25) is 9.89 Å². The second-order valence-corrected chi connectivity index (χ2v) is 6.01. The zero-order valence-electron chi connectivity index (χ0n) is 12.2. The molecule has 1 aromatic rings. The van der Waals surface area contributed by atoms with Crippen molar-refractivity contribution in [3.8, 4) is 0 Å². The minimum absolute atomic E-state index is 0.0307. The van der Waals surface area contributed by atoms with Crippen molar-refractivity contribution in [3.63, 3.8) is 0 Å². The SMILES string of the molecule is CC(C)c1[nH]nc(C(=O)N2CCCC2C(C)C)c1N. The van der Waals surface area contributed by atoms with Crippen LogP contribution in [-0.4, -0.2) is 33.6 Å². The van der Waals surface area contributed by atoms with Crippen LogP contribution in [0.25, 0.3) is 0 Å². The Morgan fingerprint density at radius 2 is 2.11 bits per heavy atom. The van der Waals surface area contributed by atoms with Crippen LogP contribution in [0.2, 0.25) is 0 Å². The van der Waals surface area contributed by atoms with Crippen molar-refractivity contribution >= 4 is 11.6 Å². The molecule has 0 aromatic carbocycles. The minimum Gasteiger partial charge on any atom is -0.395 e. The fourth-order valence-corrected chi connectivity index (χ4v) is 2.84. The predicted octanol–water partition coefficient (Wildman–Crippen LogP) is 2.38. The van der Waals surface area contributed by atoms with Gasteiger partial charge in [-0.05, 0) is 24.7 Å². The van der Waals surface area contributed by atoms with Gasteiger partial charge in [-0.1, -0.05) is 27.7 Å². The number of hydrogen-bond acceptors (Lipinski definition) is 3. The van der Waals surface area contributed by atoms with Gasteiger partial charge in [0.25, 0.3) is 5.91 Å². The molecule has 1 aliphatic rings. The molecule has 2 heterocycles. The van der Waals surface area contributed by atoms with E-state index < -0.39 is 0 Å². The van der Waals surface area contributed by atoms with Crippen LogP contribution in [0, 0.1) is 5.92 Å². The number of nitrogens with zero attached hydrogens (tertiary/aromatic N) is 2. The maximum atomic E-state index is 12.6. The lowest BCUT2D eigenvalue weighted by Gasteiger charge is -2.27. The molecule has 0 spiro atoms. The number of likely N-dealkylation sites (tertiary alicyclic amines) is 1. The van der Waals surface area contributed by atoms with Crippen molar-refractivity contribution in [1.29, 1.82) is 0 Å². The van der Waals surface area contributed by atoms with Crippen molar-refractivity contribution in [2.75, 3.05) is 12.3 Å². The zero-order valence-corrected chi connectivity index (χ0v) is 12.2. The number of carbonyl (C=O) groups is 1. The molecule has 0 aliphatic carbocycles. The highest BCUT2D eigenvalue weighted by Gasteiger charge is 2.33. The molecule has 0 radical (unpaired) electrons. The molecule has 1 unspecified atom stereocenters. The molecule has 1 aliphatic heterocycles. The summed E-state index contributed by atoms with van der Waals surface area (Å²) in [6.45, 7) is 9.19. The van der Waals surface area contributed by atoms with Gasteiger partial charge in [0.15, 0.2) is 5.69 Å². The van der Waals surface area contributed by atoms with Crippen LogP contribution in [0.1, 0.15) is 62.6 Å². The van der Waals surface area contributed by atoms with E-state index in [1.165, 1.54) is 0 Å². The van der Waals surface area contributed by atoms with Crippen LogP contribution in [0.4, 0.5) is 5.69 Å². The van der Waals surface area contributed by atoms with Crippen molar-refractivity contribution in [2.24, 2.45) is 5.92 Å². The first kappa shape index (κ1) is 13.9. The number of carbonyl (C=O) groups excluding carboxylic acids is 1. The van der Waals surface area contributed by atoms with Gasteiger partial charge in [0.05, 0.1) is 11.4 Å². The second-order valence-electron chi connectivity index (χ2n) is 6.01. The number of rotatable bonds is 3.